The van der Waals surface area contributed by atoms with Crippen molar-refractivity contribution in [1.29, 1.82) is 0 Å². The number of phosphoric ester groups is 2. The molecule has 0 aliphatic heterocycles. The monoisotopic (exact) mass is 1380 g/mol. The molecule has 0 rings (SSSR count). The number of rotatable bonds is 73. The largest absolute Gasteiger partial charge is 0.472 e. The number of carbonyl (C=O) groups excluding carboxylic acids is 4. The summed E-state index contributed by atoms with van der Waals surface area (Å²) in [4.78, 5) is 72.8. The van der Waals surface area contributed by atoms with Crippen LogP contribution in [0, 0.1) is 17.8 Å². The number of aliphatic hydroxyl groups excluding tert-OH is 1. The second-order valence-electron chi connectivity index (χ2n) is 28.2. The number of esters is 4. The van der Waals surface area contributed by atoms with Crippen molar-refractivity contribution < 1.29 is 80.2 Å². The van der Waals surface area contributed by atoms with Crippen LogP contribution in [0.1, 0.15) is 382 Å². The first-order chi connectivity index (χ1) is 45.3. The lowest BCUT2D eigenvalue weighted by atomic mass is 9.99. The highest BCUT2D eigenvalue weighted by Gasteiger charge is 2.30. The molecule has 3 unspecified atom stereocenters. The van der Waals surface area contributed by atoms with Crippen LogP contribution in [-0.4, -0.2) is 96.7 Å². The predicted octanol–water partition coefficient (Wildman–Crippen LogP) is 21.8. The Balaban J connectivity index is 5.27. The summed E-state index contributed by atoms with van der Waals surface area (Å²) in [5.74, 6) is 0.208. The van der Waals surface area contributed by atoms with Crippen molar-refractivity contribution in [1.82, 2.24) is 0 Å². The summed E-state index contributed by atoms with van der Waals surface area (Å²) in [6.45, 7) is 11.9. The molecule has 94 heavy (non-hydrogen) atoms. The van der Waals surface area contributed by atoms with Gasteiger partial charge in [0.1, 0.15) is 19.3 Å². The molecule has 17 nitrogen and oxygen atoms in total. The van der Waals surface area contributed by atoms with Crippen molar-refractivity contribution in [2.24, 2.45) is 17.8 Å². The number of phosphoric acid groups is 2. The number of unbranched alkanes of at least 4 members (excludes halogenated alkanes) is 40. The topological polar surface area (TPSA) is 237 Å². The molecule has 0 amide bonds. The van der Waals surface area contributed by atoms with Crippen molar-refractivity contribution in [2.75, 3.05) is 39.6 Å². The standard InChI is InChI=1S/C75H146O17P2/c1-8-10-11-12-13-14-15-16-22-28-37-44-51-58-74(79)92-71(63-86-73(78)57-50-43-36-31-30-34-41-48-55-68(7)9-2)65-90-94(83,84)88-61-69(76)60-87-93(81,82)89-64-70(62-85-72(77)56-49-42-35-27-24-19-21-26-33-40-47-54-67(5)6)91-75(80)59-52-45-38-29-23-18-17-20-25-32-39-46-53-66(3)4/h66-71,76H,8-65H2,1-7H3,(H,81,82)(H,83,84)/t68?,69-,70-,71-/m1/s1. The third-order valence-corrected chi connectivity index (χ3v) is 19.6. The first kappa shape index (κ1) is 92.1. The van der Waals surface area contributed by atoms with E-state index < -0.39 is 97.5 Å². The van der Waals surface area contributed by atoms with Gasteiger partial charge in [-0.05, 0) is 43.4 Å². The van der Waals surface area contributed by atoms with E-state index in [-0.39, 0.29) is 25.7 Å². The molecule has 0 aromatic heterocycles. The van der Waals surface area contributed by atoms with E-state index in [4.69, 9.17) is 37.0 Å². The highest BCUT2D eigenvalue weighted by Crippen LogP contribution is 2.45. The Bertz CT molecular complexity index is 1840. The molecular weight excluding hydrogens is 1230 g/mol. The second-order valence-corrected chi connectivity index (χ2v) is 31.1. The zero-order valence-corrected chi connectivity index (χ0v) is 63.2. The maximum atomic E-state index is 13.1. The molecule has 0 saturated heterocycles. The Labute approximate surface area is 575 Å². The predicted molar refractivity (Wildman–Crippen MR) is 381 cm³/mol. The molecule has 0 spiro atoms. The Morgan fingerprint density at radius 3 is 0.809 bits per heavy atom. The minimum atomic E-state index is -4.96. The van der Waals surface area contributed by atoms with Gasteiger partial charge in [-0.3, -0.25) is 37.3 Å². The zero-order chi connectivity index (χ0) is 69.4. The van der Waals surface area contributed by atoms with Gasteiger partial charge in [-0.25, -0.2) is 9.13 Å². The van der Waals surface area contributed by atoms with Gasteiger partial charge in [-0.15, -0.1) is 0 Å². The molecule has 0 aliphatic rings. The van der Waals surface area contributed by atoms with Gasteiger partial charge >= 0.3 is 39.5 Å². The van der Waals surface area contributed by atoms with Crippen LogP contribution in [0.15, 0.2) is 0 Å². The maximum Gasteiger partial charge on any atom is 0.472 e. The smallest absolute Gasteiger partial charge is 0.462 e. The van der Waals surface area contributed by atoms with Crippen LogP contribution < -0.4 is 0 Å². The van der Waals surface area contributed by atoms with Gasteiger partial charge < -0.3 is 33.8 Å². The van der Waals surface area contributed by atoms with E-state index in [0.717, 1.165) is 108 Å². The van der Waals surface area contributed by atoms with E-state index in [0.29, 0.717) is 25.7 Å². The molecular formula is C75H146O17P2. The lowest BCUT2D eigenvalue weighted by Gasteiger charge is -2.21. The van der Waals surface area contributed by atoms with Gasteiger partial charge in [0.05, 0.1) is 26.4 Å². The SMILES string of the molecule is CCCCCCCCCCCCCCCC(=O)O[C@H](COC(=O)CCCCCCCCCCC(C)CC)COP(=O)(O)OC[C@H](O)COP(=O)(O)OC[C@@H](COC(=O)CCCCCCCCCCCCCC(C)C)OC(=O)CCCCCCCCCCCCCCC(C)C. The molecule has 558 valence electrons. The van der Waals surface area contributed by atoms with Gasteiger partial charge in [0, 0.05) is 25.7 Å². The van der Waals surface area contributed by atoms with Crippen LogP contribution in [-0.2, 0) is 65.4 Å². The third-order valence-electron chi connectivity index (χ3n) is 17.7. The Hall–Kier alpha value is -1.94. The fourth-order valence-corrected chi connectivity index (χ4v) is 13.0. The highest BCUT2D eigenvalue weighted by atomic mass is 31.2. The van der Waals surface area contributed by atoms with Gasteiger partial charge in [0.25, 0.3) is 0 Å². The number of ether oxygens (including phenoxy) is 4. The van der Waals surface area contributed by atoms with E-state index in [9.17, 15) is 43.2 Å². The average Bonchev–Trinajstić information content (AvgIpc) is 2.52. The summed E-state index contributed by atoms with van der Waals surface area (Å²) >= 11 is 0. The van der Waals surface area contributed by atoms with E-state index >= 15 is 0 Å². The molecule has 0 saturated carbocycles. The number of carbonyl (C=O) groups is 4. The molecule has 19 heteroatoms. The zero-order valence-electron chi connectivity index (χ0n) is 61.4. The van der Waals surface area contributed by atoms with Crippen LogP contribution in [0.5, 0.6) is 0 Å². The third kappa shape index (κ3) is 67.3. The highest BCUT2D eigenvalue weighted by molar-refractivity contribution is 7.47. The Kier molecular flexibility index (Phi) is 64.3. The van der Waals surface area contributed by atoms with Gasteiger partial charge in [0.15, 0.2) is 12.2 Å². The molecule has 0 fully saturated rings. The van der Waals surface area contributed by atoms with Crippen LogP contribution in [0.2, 0.25) is 0 Å². The van der Waals surface area contributed by atoms with Crippen molar-refractivity contribution in [3.05, 3.63) is 0 Å². The molecule has 0 aromatic rings. The molecule has 0 radical (unpaired) electrons. The first-order valence-electron chi connectivity index (χ1n) is 38.9. The van der Waals surface area contributed by atoms with E-state index in [2.05, 4.69) is 48.5 Å². The van der Waals surface area contributed by atoms with Gasteiger partial charge in [0.2, 0.25) is 0 Å². The molecule has 6 atom stereocenters. The summed E-state index contributed by atoms with van der Waals surface area (Å²) in [5.41, 5.74) is 0. The Morgan fingerprint density at radius 2 is 0.543 bits per heavy atom. The molecule has 3 N–H and O–H groups in total. The minimum Gasteiger partial charge on any atom is -0.462 e. The quantitative estimate of drug-likeness (QED) is 0.0222. The van der Waals surface area contributed by atoms with Crippen LogP contribution in [0.3, 0.4) is 0 Å². The van der Waals surface area contributed by atoms with Crippen LogP contribution in [0.4, 0.5) is 0 Å². The average molecular weight is 1380 g/mol. The summed E-state index contributed by atoms with van der Waals surface area (Å²) in [6, 6.07) is 0. The van der Waals surface area contributed by atoms with Crippen molar-refractivity contribution in [3.63, 3.8) is 0 Å². The maximum absolute atomic E-state index is 13.1. The summed E-state index contributed by atoms with van der Waals surface area (Å²) in [5, 5.41) is 10.6. The fraction of sp³-hybridized carbons (Fsp3) is 0.947. The summed E-state index contributed by atoms with van der Waals surface area (Å²) in [7, 11) is -9.91. The van der Waals surface area contributed by atoms with Crippen molar-refractivity contribution in [2.45, 2.75) is 401 Å². The van der Waals surface area contributed by atoms with Crippen LogP contribution >= 0.6 is 15.6 Å². The van der Waals surface area contributed by atoms with Crippen LogP contribution in [0.25, 0.3) is 0 Å². The molecule has 0 heterocycles. The second kappa shape index (κ2) is 65.7. The summed E-state index contributed by atoms with van der Waals surface area (Å²) in [6.07, 6.45) is 51.1. The van der Waals surface area contributed by atoms with E-state index in [1.807, 2.05) is 0 Å². The van der Waals surface area contributed by atoms with Gasteiger partial charge in [-0.1, -0.05) is 331 Å². The normalized spacial score (nSPS) is 14.4. The number of hydrogen-bond acceptors (Lipinski definition) is 15. The first-order valence-corrected chi connectivity index (χ1v) is 41.9. The molecule has 0 aromatic carbocycles. The fourth-order valence-electron chi connectivity index (χ4n) is 11.4. The van der Waals surface area contributed by atoms with Gasteiger partial charge in [-0.2, -0.15) is 0 Å². The molecule has 0 aliphatic carbocycles. The number of hydrogen-bond donors (Lipinski definition) is 3. The lowest BCUT2D eigenvalue weighted by molar-refractivity contribution is -0.161. The Morgan fingerprint density at radius 1 is 0.309 bits per heavy atom. The lowest BCUT2D eigenvalue weighted by Crippen LogP contribution is -2.30. The van der Waals surface area contributed by atoms with E-state index in [1.165, 1.54) is 193 Å². The number of aliphatic hydroxyl groups is 1. The van der Waals surface area contributed by atoms with Crippen molar-refractivity contribution >= 4 is 39.5 Å². The molecule has 0 bridgehead atoms. The van der Waals surface area contributed by atoms with Crippen molar-refractivity contribution in [3.8, 4) is 0 Å². The summed E-state index contributed by atoms with van der Waals surface area (Å²) < 4.78 is 68.5. The van der Waals surface area contributed by atoms with E-state index in [1.54, 1.807) is 0 Å². The minimum absolute atomic E-state index is 0.107.